The molecule has 0 unspecified atom stereocenters. The first-order valence-electron chi connectivity index (χ1n) is 9.12. The Balaban J connectivity index is 1.71. The quantitative estimate of drug-likeness (QED) is 0.386. The molecule has 28 heavy (non-hydrogen) atoms. The topological polar surface area (TPSA) is 92.4 Å². The maximum Gasteiger partial charge on any atom is 0.279 e. The molecule has 4 aromatic rings. The van der Waals surface area contributed by atoms with Gasteiger partial charge in [-0.15, -0.1) is 0 Å². The van der Waals surface area contributed by atoms with E-state index in [0.717, 1.165) is 30.4 Å². The Labute approximate surface area is 165 Å². The molecule has 0 bridgehead atoms. The van der Waals surface area contributed by atoms with Crippen molar-refractivity contribution in [2.45, 2.75) is 38.2 Å². The molecule has 0 spiro atoms. The van der Waals surface area contributed by atoms with Crippen molar-refractivity contribution in [3.63, 3.8) is 0 Å². The second-order valence-electron chi connectivity index (χ2n) is 7.15. The maximum atomic E-state index is 12.8. The average molecular weight is 400 g/mol. The molecule has 8 nitrogen and oxygen atoms in total. The summed E-state index contributed by atoms with van der Waals surface area (Å²) in [5.41, 5.74) is 2.23. The molecule has 3 heterocycles. The standard InChI is InChI=1S/C19H18ClN5O3/c1-11-16-15(17-22-18(23-28-17)19(27-2)7-3-4-8-19)21-10-24(16)13-6-5-12(20)9-14(13)25(11)26/h5-6,9-10H,3-4,7-8H2,1-2H3. The lowest BCUT2D eigenvalue weighted by Crippen LogP contribution is -2.32. The summed E-state index contributed by atoms with van der Waals surface area (Å²) >= 11 is 6.06. The molecular weight excluding hydrogens is 382 g/mol. The summed E-state index contributed by atoms with van der Waals surface area (Å²) in [5.74, 6) is 0.807. The van der Waals surface area contributed by atoms with Crippen LogP contribution in [-0.4, -0.2) is 26.6 Å². The number of ether oxygens (including phenoxy) is 1. The van der Waals surface area contributed by atoms with Crippen LogP contribution in [0.5, 0.6) is 0 Å². The Kier molecular flexibility index (Phi) is 3.82. The fraction of sp³-hybridized carbons (Fsp3) is 0.368. The highest BCUT2D eigenvalue weighted by Gasteiger charge is 2.40. The Bertz CT molecular complexity index is 1210. The number of fused-ring (bicyclic) bond motifs is 3. The van der Waals surface area contributed by atoms with Crippen LogP contribution in [0, 0.1) is 12.1 Å². The predicted molar refractivity (Wildman–Crippen MR) is 102 cm³/mol. The molecule has 1 fully saturated rings. The van der Waals surface area contributed by atoms with Crippen LogP contribution in [0.3, 0.4) is 0 Å². The van der Waals surface area contributed by atoms with Gasteiger partial charge in [-0.05, 0) is 37.8 Å². The summed E-state index contributed by atoms with van der Waals surface area (Å²) in [6, 6.07) is 5.18. The highest BCUT2D eigenvalue weighted by Crippen LogP contribution is 2.41. The SMILES string of the molecule is COC1(c2noc(-c3ncn4c3c(C)[n+]([O-])c3cc(Cl)ccc34)n2)CCCC1. The molecule has 1 saturated carbocycles. The van der Waals surface area contributed by atoms with E-state index < -0.39 is 5.60 Å². The largest absolute Gasteiger partial charge is 0.618 e. The summed E-state index contributed by atoms with van der Waals surface area (Å²) in [4.78, 5) is 9.05. The van der Waals surface area contributed by atoms with Gasteiger partial charge >= 0.3 is 0 Å². The minimum absolute atomic E-state index is 0.275. The van der Waals surface area contributed by atoms with E-state index in [-0.39, 0.29) is 5.89 Å². The second-order valence-corrected chi connectivity index (χ2v) is 7.59. The summed E-state index contributed by atoms with van der Waals surface area (Å²) in [5, 5.41) is 17.5. The molecule has 1 aliphatic carbocycles. The zero-order valence-corrected chi connectivity index (χ0v) is 16.2. The molecule has 0 atom stereocenters. The van der Waals surface area contributed by atoms with Gasteiger partial charge in [0, 0.05) is 25.1 Å². The first-order valence-corrected chi connectivity index (χ1v) is 9.50. The number of hydrogen-bond donors (Lipinski definition) is 0. The normalized spacial score (nSPS) is 16.4. The maximum absolute atomic E-state index is 12.8. The fourth-order valence-electron chi connectivity index (χ4n) is 4.14. The Morgan fingerprint density at radius 1 is 1.32 bits per heavy atom. The van der Waals surface area contributed by atoms with E-state index in [1.54, 1.807) is 38.6 Å². The second kappa shape index (κ2) is 6.15. The number of benzene rings is 1. The molecule has 1 aliphatic rings. The number of imidazole rings is 1. The van der Waals surface area contributed by atoms with E-state index in [4.69, 9.17) is 20.9 Å². The third-order valence-corrected chi connectivity index (χ3v) is 5.90. The van der Waals surface area contributed by atoms with E-state index >= 15 is 0 Å². The van der Waals surface area contributed by atoms with Crippen molar-refractivity contribution in [2.24, 2.45) is 0 Å². The molecule has 3 aromatic heterocycles. The monoisotopic (exact) mass is 399 g/mol. The van der Waals surface area contributed by atoms with Crippen LogP contribution in [0.2, 0.25) is 5.02 Å². The highest BCUT2D eigenvalue weighted by molar-refractivity contribution is 6.31. The van der Waals surface area contributed by atoms with E-state index in [1.807, 2.05) is 4.40 Å². The molecule has 9 heteroatoms. The molecule has 144 valence electrons. The smallest absolute Gasteiger partial charge is 0.279 e. The number of aryl methyl sites for hydroxylation is 1. The van der Waals surface area contributed by atoms with Gasteiger partial charge in [-0.25, -0.2) is 4.98 Å². The van der Waals surface area contributed by atoms with Crippen LogP contribution < -0.4 is 4.73 Å². The first-order chi connectivity index (χ1) is 13.5. The third-order valence-electron chi connectivity index (χ3n) is 5.67. The average Bonchev–Trinajstić information content (AvgIpc) is 3.44. The van der Waals surface area contributed by atoms with Gasteiger partial charge in [-0.1, -0.05) is 16.8 Å². The van der Waals surface area contributed by atoms with Gasteiger partial charge in [0.15, 0.2) is 5.69 Å². The summed E-state index contributed by atoms with van der Waals surface area (Å²) < 4.78 is 14.0. The Morgan fingerprint density at radius 3 is 2.86 bits per heavy atom. The van der Waals surface area contributed by atoms with Crippen molar-refractivity contribution in [3.05, 3.63) is 46.3 Å². The summed E-state index contributed by atoms with van der Waals surface area (Å²) in [7, 11) is 1.68. The van der Waals surface area contributed by atoms with E-state index in [1.165, 1.54) is 0 Å². The van der Waals surface area contributed by atoms with Crippen LogP contribution in [-0.2, 0) is 10.3 Å². The van der Waals surface area contributed by atoms with E-state index in [0.29, 0.717) is 38.8 Å². The van der Waals surface area contributed by atoms with Crippen LogP contribution in [0.25, 0.3) is 28.1 Å². The predicted octanol–water partition coefficient (Wildman–Crippen LogP) is 3.55. The van der Waals surface area contributed by atoms with E-state index in [2.05, 4.69) is 15.1 Å². The van der Waals surface area contributed by atoms with Gasteiger partial charge in [-0.3, -0.25) is 4.40 Å². The van der Waals surface area contributed by atoms with Crippen molar-refractivity contribution in [3.8, 4) is 11.6 Å². The van der Waals surface area contributed by atoms with Gasteiger partial charge in [0.1, 0.15) is 23.0 Å². The lowest BCUT2D eigenvalue weighted by molar-refractivity contribution is -0.583. The first kappa shape index (κ1) is 17.4. The zero-order chi connectivity index (χ0) is 19.5. The molecule has 1 aromatic carbocycles. The number of hydrogen-bond acceptors (Lipinski definition) is 6. The third kappa shape index (κ3) is 2.34. The Morgan fingerprint density at radius 2 is 2.11 bits per heavy atom. The molecule has 0 aliphatic heterocycles. The number of aromatic nitrogens is 5. The lowest BCUT2D eigenvalue weighted by atomic mass is 10.0. The van der Waals surface area contributed by atoms with Crippen molar-refractivity contribution >= 4 is 28.2 Å². The number of halogens is 1. The van der Waals surface area contributed by atoms with Gasteiger partial charge in [0.2, 0.25) is 17.0 Å². The molecular formula is C19H18ClN5O3. The summed E-state index contributed by atoms with van der Waals surface area (Å²) in [6.07, 6.45) is 5.50. The van der Waals surface area contributed by atoms with Crippen molar-refractivity contribution in [2.75, 3.05) is 7.11 Å². The van der Waals surface area contributed by atoms with Crippen LogP contribution >= 0.6 is 11.6 Å². The zero-order valence-electron chi connectivity index (χ0n) is 15.5. The molecule has 0 radical (unpaired) electrons. The van der Waals surface area contributed by atoms with E-state index in [9.17, 15) is 5.21 Å². The van der Waals surface area contributed by atoms with Gasteiger partial charge in [0.25, 0.3) is 5.89 Å². The molecule has 5 rings (SSSR count). The van der Waals surface area contributed by atoms with Crippen molar-refractivity contribution in [1.82, 2.24) is 19.5 Å². The minimum atomic E-state index is -0.506. The lowest BCUT2D eigenvalue weighted by Gasteiger charge is -2.22. The van der Waals surface area contributed by atoms with Crippen molar-refractivity contribution < 1.29 is 14.0 Å². The van der Waals surface area contributed by atoms with Crippen LogP contribution in [0.15, 0.2) is 29.0 Å². The minimum Gasteiger partial charge on any atom is -0.618 e. The van der Waals surface area contributed by atoms with Gasteiger partial charge < -0.3 is 14.5 Å². The molecule has 0 saturated heterocycles. The molecule has 0 N–H and O–H groups in total. The number of methoxy groups -OCH3 is 1. The fourth-order valence-corrected chi connectivity index (χ4v) is 4.31. The van der Waals surface area contributed by atoms with Crippen molar-refractivity contribution in [1.29, 1.82) is 0 Å². The summed E-state index contributed by atoms with van der Waals surface area (Å²) in [6.45, 7) is 1.73. The highest BCUT2D eigenvalue weighted by atomic mass is 35.5. The van der Waals surface area contributed by atoms with Gasteiger partial charge in [-0.2, -0.15) is 9.71 Å². The number of nitrogens with zero attached hydrogens (tertiary/aromatic N) is 5. The van der Waals surface area contributed by atoms with Crippen LogP contribution in [0.1, 0.15) is 37.2 Å². The number of rotatable bonds is 3. The van der Waals surface area contributed by atoms with Crippen LogP contribution in [0.4, 0.5) is 0 Å². The molecule has 0 amide bonds. The van der Waals surface area contributed by atoms with Gasteiger partial charge in [0.05, 0.1) is 0 Å². The Hall–Kier alpha value is -2.71.